The minimum Gasteiger partial charge on any atom is -0.304 e. The van der Waals surface area contributed by atoms with E-state index in [-0.39, 0.29) is 8.22 Å². The summed E-state index contributed by atoms with van der Waals surface area (Å²) in [6, 6.07) is 0. The summed E-state index contributed by atoms with van der Waals surface area (Å²) in [5.41, 5.74) is 5.97. The lowest BCUT2D eigenvalue weighted by molar-refractivity contribution is 0.228. The lowest BCUT2D eigenvalue weighted by atomic mass is 10.4. The van der Waals surface area contributed by atoms with Crippen molar-refractivity contribution in [2.75, 3.05) is 39.4 Å². The van der Waals surface area contributed by atoms with Crippen molar-refractivity contribution in [2.45, 2.75) is 6.92 Å². The minimum atomic E-state index is -0.309. The molecule has 1 aliphatic heterocycles. The maximum atomic E-state index is 5.97. The van der Waals surface area contributed by atoms with Gasteiger partial charge in [-0.05, 0) is 13.2 Å². The van der Waals surface area contributed by atoms with Gasteiger partial charge in [-0.1, -0.05) is 6.92 Å². The van der Waals surface area contributed by atoms with E-state index in [0.717, 1.165) is 19.3 Å². The molecular formula is C7H18N3P. The molecule has 0 aromatic carbocycles. The molecule has 2 N–H and O–H groups in total. The van der Waals surface area contributed by atoms with Crippen molar-refractivity contribution in [3.8, 4) is 0 Å². The SMILES string of the molecule is CCP(N)N1CCN(C)CC1. The van der Waals surface area contributed by atoms with Crippen LogP contribution in [0.2, 0.25) is 0 Å². The van der Waals surface area contributed by atoms with E-state index in [1.54, 1.807) is 0 Å². The number of nitrogens with two attached hydrogens (primary N) is 1. The first-order valence-electron chi connectivity index (χ1n) is 4.19. The molecule has 1 aliphatic rings. The quantitative estimate of drug-likeness (QED) is 0.621. The summed E-state index contributed by atoms with van der Waals surface area (Å²) < 4.78 is 2.43. The lowest BCUT2D eigenvalue weighted by Crippen LogP contribution is -2.42. The fourth-order valence-corrected chi connectivity index (χ4v) is 2.35. The van der Waals surface area contributed by atoms with Crippen LogP contribution in [0.1, 0.15) is 6.92 Å². The zero-order chi connectivity index (χ0) is 8.27. The molecule has 3 nitrogen and oxygen atoms in total. The monoisotopic (exact) mass is 175 g/mol. The normalized spacial score (nSPS) is 25.4. The Morgan fingerprint density at radius 1 is 1.27 bits per heavy atom. The summed E-state index contributed by atoms with van der Waals surface area (Å²) in [6.07, 6.45) is 1.12. The number of hydrogen-bond acceptors (Lipinski definition) is 3. The summed E-state index contributed by atoms with van der Waals surface area (Å²) in [5, 5.41) is 0. The summed E-state index contributed by atoms with van der Waals surface area (Å²) in [5.74, 6) is 0. The van der Waals surface area contributed by atoms with Gasteiger partial charge in [-0.2, -0.15) is 0 Å². The van der Waals surface area contributed by atoms with Gasteiger partial charge < -0.3 is 4.90 Å². The standard InChI is InChI=1S/C7H18N3P/c1-3-11(8)10-6-4-9(2)5-7-10/h3-8H2,1-2H3. The van der Waals surface area contributed by atoms with Crippen LogP contribution < -0.4 is 5.50 Å². The summed E-state index contributed by atoms with van der Waals surface area (Å²) in [6.45, 7) is 6.84. The number of likely N-dealkylation sites (N-methyl/N-ethyl adjacent to an activating group) is 1. The molecule has 0 radical (unpaired) electrons. The van der Waals surface area contributed by atoms with Gasteiger partial charge in [-0.15, -0.1) is 0 Å². The van der Waals surface area contributed by atoms with E-state index in [1.165, 1.54) is 13.1 Å². The Bertz CT molecular complexity index is 112. The first-order valence-corrected chi connectivity index (χ1v) is 5.74. The van der Waals surface area contributed by atoms with Crippen LogP contribution in [0.25, 0.3) is 0 Å². The average molecular weight is 175 g/mol. The molecule has 4 heteroatoms. The summed E-state index contributed by atoms with van der Waals surface area (Å²) in [4.78, 5) is 2.36. The number of rotatable bonds is 2. The summed E-state index contributed by atoms with van der Waals surface area (Å²) in [7, 11) is 1.86. The second-order valence-electron chi connectivity index (χ2n) is 3.01. The van der Waals surface area contributed by atoms with Crippen molar-refractivity contribution >= 4 is 8.22 Å². The molecule has 0 saturated carbocycles. The Balaban J connectivity index is 2.27. The molecule has 0 amide bonds. The Morgan fingerprint density at radius 2 is 1.82 bits per heavy atom. The molecule has 1 rings (SSSR count). The first kappa shape index (κ1) is 9.40. The third kappa shape index (κ3) is 2.68. The van der Waals surface area contributed by atoms with Crippen LogP contribution in [-0.4, -0.2) is 49.0 Å². The third-order valence-corrected chi connectivity index (χ3v) is 3.94. The smallest absolute Gasteiger partial charge is 0.0336 e. The maximum absolute atomic E-state index is 5.97. The largest absolute Gasteiger partial charge is 0.304 e. The minimum absolute atomic E-state index is 0.309. The summed E-state index contributed by atoms with van der Waals surface area (Å²) >= 11 is 0. The van der Waals surface area contributed by atoms with Gasteiger partial charge in [0.05, 0.1) is 0 Å². The molecule has 1 fully saturated rings. The Hall–Kier alpha value is 0.310. The lowest BCUT2D eigenvalue weighted by Gasteiger charge is -2.35. The van der Waals surface area contributed by atoms with Crippen LogP contribution in [0, 0.1) is 0 Å². The van der Waals surface area contributed by atoms with E-state index in [4.69, 9.17) is 5.50 Å². The van der Waals surface area contributed by atoms with Gasteiger partial charge in [0.15, 0.2) is 0 Å². The van der Waals surface area contributed by atoms with E-state index in [1.807, 2.05) is 0 Å². The molecule has 0 aromatic heterocycles. The van der Waals surface area contributed by atoms with Crippen LogP contribution in [-0.2, 0) is 0 Å². The highest BCUT2D eigenvalue weighted by Crippen LogP contribution is 2.30. The van der Waals surface area contributed by atoms with Crippen molar-refractivity contribution in [3.05, 3.63) is 0 Å². The molecule has 1 unspecified atom stereocenters. The predicted molar refractivity (Wildman–Crippen MR) is 50.7 cm³/mol. The zero-order valence-corrected chi connectivity index (χ0v) is 8.35. The number of hydrogen-bond donors (Lipinski definition) is 1. The fourth-order valence-electron chi connectivity index (χ4n) is 1.25. The Labute approximate surface area is 70.4 Å². The van der Waals surface area contributed by atoms with Gasteiger partial charge in [-0.3, -0.25) is 10.2 Å². The molecule has 0 spiro atoms. The van der Waals surface area contributed by atoms with Crippen LogP contribution in [0.4, 0.5) is 0 Å². The van der Waals surface area contributed by atoms with Crippen molar-refractivity contribution in [2.24, 2.45) is 5.50 Å². The van der Waals surface area contributed by atoms with E-state index in [2.05, 4.69) is 23.5 Å². The molecule has 1 atom stereocenters. The molecular weight excluding hydrogens is 157 g/mol. The van der Waals surface area contributed by atoms with Crippen molar-refractivity contribution in [1.82, 2.24) is 9.57 Å². The highest BCUT2D eigenvalue weighted by Gasteiger charge is 2.17. The van der Waals surface area contributed by atoms with Gasteiger partial charge in [0, 0.05) is 34.4 Å². The van der Waals surface area contributed by atoms with E-state index in [0.29, 0.717) is 0 Å². The second kappa shape index (κ2) is 4.36. The molecule has 11 heavy (non-hydrogen) atoms. The molecule has 0 bridgehead atoms. The van der Waals surface area contributed by atoms with Crippen LogP contribution in [0.5, 0.6) is 0 Å². The highest BCUT2D eigenvalue weighted by molar-refractivity contribution is 7.52. The second-order valence-corrected chi connectivity index (χ2v) is 5.09. The predicted octanol–water partition coefficient (Wildman–Crippen LogP) is 0.524. The van der Waals surface area contributed by atoms with Gasteiger partial charge >= 0.3 is 0 Å². The number of piperazine rings is 1. The fraction of sp³-hybridized carbons (Fsp3) is 1.00. The zero-order valence-electron chi connectivity index (χ0n) is 7.45. The molecule has 1 heterocycles. The number of nitrogens with zero attached hydrogens (tertiary/aromatic N) is 2. The maximum Gasteiger partial charge on any atom is 0.0336 e. The van der Waals surface area contributed by atoms with Crippen molar-refractivity contribution < 1.29 is 0 Å². The van der Waals surface area contributed by atoms with Gasteiger partial charge in [0.2, 0.25) is 0 Å². The topological polar surface area (TPSA) is 32.5 Å². The van der Waals surface area contributed by atoms with Crippen LogP contribution in [0.3, 0.4) is 0 Å². The van der Waals surface area contributed by atoms with E-state index >= 15 is 0 Å². The van der Waals surface area contributed by atoms with Gasteiger partial charge in [0.25, 0.3) is 0 Å². The Morgan fingerprint density at radius 3 is 2.27 bits per heavy atom. The van der Waals surface area contributed by atoms with Gasteiger partial charge in [-0.25, -0.2) is 0 Å². The highest BCUT2D eigenvalue weighted by atomic mass is 31.1. The molecule has 0 aliphatic carbocycles. The van der Waals surface area contributed by atoms with Crippen LogP contribution in [0.15, 0.2) is 0 Å². The van der Waals surface area contributed by atoms with Gasteiger partial charge in [0.1, 0.15) is 0 Å². The van der Waals surface area contributed by atoms with Crippen LogP contribution >= 0.6 is 8.22 Å². The molecule has 66 valence electrons. The van der Waals surface area contributed by atoms with E-state index < -0.39 is 0 Å². The Kier molecular flexibility index (Phi) is 3.73. The van der Waals surface area contributed by atoms with Crippen molar-refractivity contribution in [3.63, 3.8) is 0 Å². The van der Waals surface area contributed by atoms with Crippen molar-refractivity contribution in [1.29, 1.82) is 0 Å². The molecule has 0 aromatic rings. The third-order valence-electron chi connectivity index (χ3n) is 2.17. The molecule has 1 saturated heterocycles. The average Bonchev–Trinajstić information content (AvgIpc) is 2.05. The van der Waals surface area contributed by atoms with E-state index in [9.17, 15) is 0 Å². The first-order chi connectivity index (χ1) is 5.24.